The first-order chi connectivity index (χ1) is 12.0. The molecule has 0 aromatic carbocycles. The highest BCUT2D eigenvalue weighted by atomic mass is 16.7. The molecule has 1 heterocycles. The van der Waals surface area contributed by atoms with Crippen molar-refractivity contribution in [3.8, 4) is 0 Å². The summed E-state index contributed by atoms with van der Waals surface area (Å²) in [6.07, 6.45) is 11.6. The van der Waals surface area contributed by atoms with E-state index in [0.29, 0.717) is 11.2 Å². The zero-order chi connectivity index (χ0) is 17.3. The fraction of sp³-hybridized carbons (Fsp3) is 0.955. The predicted octanol–water partition coefficient (Wildman–Crippen LogP) is 4.73. The van der Waals surface area contributed by atoms with Crippen LogP contribution in [-0.4, -0.2) is 24.8 Å². The number of ketones is 1. The molecule has 0 aromatic heterocycles. The third kappa shape index (κ3) is 2.15. The minimum atomic E-state index is -0.278. The number of rotatable bonds is 0. The van der Waals surface area contributed by atoms with E-state index in [9.17, 15) is 4.79 Å². The zero-order valence-electron chi connectivity index (χ0n) is 16.0. The second-order valence-electron chi connectivity index (χ2n) is 10.2. The highest BCUT2D eigenvalue weighted by molar-refractivity contribution is 5.78. The van der Waals surface area contributed by atoms with Crippen molar-refractivity contribution in [2.45, 2.75) is 83.8 Å². The molecule has 1 saturated heterocycles. The molecule has 0 amide bonds. The first-order valence-corrected chi connectivity index (χ1v) is 10.8. The van der Waals surface area contributed by atoms with Crippen molar-refractivity contribution in [1.82, 2.24) is 0 Å². The van der Waals surface area contributed by atoms with Gasteiger partial charge in [-0.3, -0.25) is 4.79 Å². The number of hydrogen-bond donors (Lipinski definition) is 0. The van der Waals surface area contributed by atoms with E-state index in [0.717, 1.165) is 69.0 Å². The maximum atomic E-state index is 12.1. The van der Waals surface area contributed by atoms with E-state index in [2.05, 4.69) is 13.8 Å². The average molecular weight is 347 g/mol. The molecular weight excluding hydrogens is 312 g/mol. The van der Waals surface area contributed by atoms with Crippen molar-refractivity contribution in [3.63, 3.8) is 0 Å². The lowest BCUT2D eigenvalue weighted by Gasteiger charge is -2.59. The molecule has 3 heteroatoms. The van der Waals surface area contributed by atoms with Crippen LogP contribution in [0.3, 0.4) is 0 Å². The summed E-state index contributed by atoms with van der Waals surface area (Å²) < 4.78 is 12.5. The second kappa shape index (κ2) is 5.55. The van der Waals surface area contributed by atoms with Crippen LogP contribution in [0.15, 0.2) is 0 Å². The zero-order valence-corrected chi connectivity index (χ0v) is 16.0. The summed E-state index contributed by atoms with van der Waals surface area (Å²) in [7, 11) is 0. The van der Waals surface area contributed by atoms with Crippen LogP contribution in [0.2, 0.25) is 0 Å². The smallest absolute Gasteiger partial charge is 0.174 e. The van der Waals surface area contributed by atoms with Gasteiger partial charge in [0.2, 0.25) is 0 Å². The molecule has 1 aliphatic heterocycles. The van der Waals surface area contributed by atoms with Crippen molar-refractivity contribution < 1.29 is 14.3 Å². The molecule has 3 unspecified atom stereocenters. The van der Waals surface area contributed by atoms with Gasteiger partial charge in [-0.25, -0.2) is 0 Å². The Hall–Kier alpha value is -0.410. The third-order valence-corrected chi connectivity index (χ3v) is 9.58. The van der Waals surface area contributed by atoms with E-state index in [4.69, 9.17) is 9.47 Å². The molecule has 0 aromatic rings. The standard InChI is InChI=1S/C22H34O3/c1-20-10-7-16(23)5-3-15(20)4-6-17-18(20)8-11-21(2)19(17)9-12-22(21)24-13-14-25-22/h15,17-19H,3-14H2,1-2H3/t15?,17-,18?,19?,20+,21+/m1/s1. The van der Waals surface area contributed by atoms with Gasteiger partial charge in [-0.2, -0.15) is 0 Å². The Bertz CT molecular complexity index is 566. The van der Waals surface area contributed by atoms with Crippen LogP contribution in [-0.2, 0) is 14.3 Å². The quantitative estimate of drug-likeness (QED) is 0.636. The number of ether oxygens (including phenoxy) is 2. The Morgan fingerprint density at radius 2 is 1.60 bits per heavy atom. The monoisotopic (exact) mass is 346 g/mol. The summed E-state index contributed by atoms with van der Waals surface area (Å²) in [4.78, 5) is 12.1. The number of hydrogen-bond acceptors (Lipinski definition) is 3. The molecule has 6 atom stereocenters. The van der Waals surface area contributed by atoms with Gasteiger partial charge in [0, 0.05) is 24.7 Å². The van der Waals surface area contributed by atoms with Gasteiger partial charge >= 0.3 is 0 Å². The van der Waals surface area contributed by atoms with Crippen molar-refractivity contribution in [2.75, 3.05) is 13.2 Å². The van der Waals surface area contributed by atoms with Crippen molar-refractivity contribution in [2.24, 2.45) is 34.5 Å². The minimum absolute atomic E-state index is 0.203. The van der Waals surface area contributed by atoms with Crippen LogP contribution < -0.4 is 0 Å². The van der Waals surface area contributed by atoms with E-state index in [-0.39, 0.29) is 11.2 Å². The molecule has 3 nitrogen and oxygen atoms in total. The van der Waals surface area contributed by atoms with Gasteiger partial charge in [-0.15, -0.1) is 0 Å². The van der Waals surface area contributed by atoms with E-state index >= 15 is 0 Å². The van der Waals surface area contributed by atoms with Crippen LogP contribution in [0.25, 0.3) is 0 Å². The maximum absolute atomic E-state index is 12.1. The van der Waals surface area contributed by atoms with Gasteiger partial charge in [0.05, 0.1) is 13.2 Å². The van der Waals surface area contributed by atoms with Gasteiger partial charge in [0.1, 0.15) is 5.78 Å². The molecule has 5 rings (SSSR count). The summed E-state index contributed by atoms with van der Waals surface area (Å²) in [5.74, 6) is 3.40. The third-order valence-electron chi connectivity index (χ3n) is 9.58. The Balaban J connectivity index is 1.46. The first-order valence-electron chi connectivity index (χ1n) is 10.8. The lowest BCUT2D eigenvalue weighted by Crippen LogP contribution is -2.55. The molecule has 0 N–H and O–H groups in total. The Labute approximate surface area is 152 Å². The number of carbonyl (C=O) groups excluding carboxylic acids is 1. The maximum Gasteiger partial charge on any atom is 0.174 e. The van der Waals surface area contributed by atoms with E-state index in [1.807, 2.05) is 0 Å². The molecular formula is C22H34O3. The summed E-state index contributed by atoms with van der Waals surface area (Å²) in [6, 6.07) is 0. The van der Waals surface area contributed by atoms with E-state index < -0.39 is 0 Å². The summed E-state index contributed by atoms with van der Waals surface area (Å²) in [6.45, 7) is 6.57. The highest BCUT2D eigenvalue weighted by Gasteiger charge is 2.67. The minimum Gasteiger partial charge on any atom is -0.347 e. The number of carbonyl (C=O) groups is 1. The summed E-state index contributed by atoms with van der Waals surface area (Å²) in [5.41, 5.74) is 0.595. The fourth-order valence-corrected chi connectivity index (χ4v) is 8.15. The molecule has 4 aliphatic carbocycles. The fourth-order valence-electron chi connectivity index (χ4n) is 8.15. The van der Waals surface area contributed by atoms with E-state index in [1.54, 1.807) is 0 Å². The molecule has 0 bridgehead atoms. The van der Waals surface area contributed by atoms with Crippen LogP contribution in [0.5, 0.6) is 0 Å². The van der Waals surface area contributed by atoms with Crippen LogP contribution in [0.4, 0.5) is 0 Å². The van der Waals surface area contributed by atoms with Gasteiger partial charge in [0.25, 0.3) is 0 Å². The van der Waals surface area contributed by atoms with Crippen molar-refractivity contribution in [1.29, 1.82) is 0 Å². The molecule has 0 radical (unpaired) electrons. The lowest BCUT2D eigenvalue weighted by molar-refractivity contribution is -0.246. The Kier molecular flexibility index (Phi) is 3.71. The largest absolute Gasteiger partial charge is 0.347 e. The molecule has 140 valence electrons. The molecule has 5 fully saturated rings. The molecule has 1 spiro atoms. The molecule has 25 heavy (non-hydrogen) atoms. The Morgan fingerprint density at radius 3 is 2.40 bits per heavy atom. The van der Waals surface area contributed by atoms with Gasteiger partial charge in [-0.1, -0.05) is 13.8 Å². The topological polar surface area (TPSA) is 35.5 Å². The Morgan fingerprint density at radius 1 is 0.840 bits per heavy atom. The van der Waals surface area contributed by atoms with Crippen LogP contribution >= 0.6 is 0 Å². The molecule has 5 aliphatic rings. The van der Waals surface area contributed by atoms with Crippen LogP contribution in [0, 0.1) is 34.5 Å². The van der Waals surface area contributed by atoms with Crippen LogP contribution in [0.1, 0.15) is 78.1 Å². The van der Waals surface area contributed by atoms with Crippen molar-refractivity contribution in [3.05, 3.63) is 0 Å². The normalized spacial score (nSPS) is 51.7. The van der Waals surface area contributed by atoms with Gasteiger partial charge < -0.3 is 9.47 Å². The highest BCUT2D eigenvalue weighted by Crippen LogP contribution is 2.69. The lowest BCUT2D eigenvalue weighted by atomic mass is 9.46. The number of fused-ring (bicyclic) bond motifs is 6. The average Bonchev–Trinajstić information content (AvgIpc) is 3.15. The van der Waals surface area contributed by atoms with Gasteiger partial charge in [0.15, 0.2) is 5.79 Å². The summed E-state index contributed by atoms with van der Waals surface area (Å²) >= 11 is 0. The van der Waals surface area contributed by atoms with Gasteiger partial charge in [-0.05, 0) is 74.0 Å². The number of Topliss-reactive ketones (excluding diaryl/α,β-unsaturated/α-hetero) is 1. The first kappa shape index (κ1) is 16.7. The van der Waals surface area contributed by atoms with E-state index in [1.165, 1.54) is 32.1 Å². The molecule has 4 saturated carbocycles. The summed E-state index contributed by atoms with van der Waals surface area (Å²) in [5, 5.41) is 0. The second-order valence-corrected chi connectivity index (χ2v) is 10.2. The SMILES string of the molecule is C[C@]12CCC(=O)CCC1CC[C@@H]1C2CC[C@@]2(C)C1CCC21OCCO1. The predicted molar refractivity (Wildman–Crippen MR) is 96.0 cm³/mol. The van der Waals surface area contributed by atoms with Crippen molar-refractivity contribution >= 4 is 5.78 Å².